The first-order valence-electron chi connectivity index (χ1n) is 8.33. The molecule has 2 rings (SSSR count). The van der Waals surface area contributed by atoms with Gasteiger partial charge in [-0.25, -0.2) is 4.79 Å². The molecule has 2 atom stereocenters. The summed E-state index contributed by atoms with van der Waals surface area (Å²) < 4.78 is 0. The fourth-order valence-corrected chi connectivity index (χ4v) is 3.48. The molecule has 1 aromatic rings. The summed E-state index contributed by atoms with van der Waals surface area (Å²) in [5, 5.41) is 4.25. The zero-order valence-corrected chi connectivity index (χ0v) is 15.2. The van der Waals surface area contributed by atoms with E-state index < -0.39 is 29.9 Å². The molecule has 0 saturated carbocycles. The minimum absolute atomic E-state index is 0.302. The summed E-state index contributed by atoms with van der Waals surface area (Å²) in [5.74, 6) is -1.53. The molecule has 0 bridgehead atoms. The minimum Gasteiger partial charge on any atom is -0.332 e. The molecule has 1 N–H and O–H groups in total. The van der Waals surface area contributed by atoms with Crippen LogP contribution in [0, 0.1) is 0 Å². The summed E-state index contributed by atoms with van der Waals surface area (Å²) in [6.45, 7) is 4.59. The second-order valence-corrected chi connectivity index (χ2v) is 6.98. The zero-order chi connectivity index (χ0) is 18.4. The van der Waals surface area contributed by atoms with Gasteiger partial charge in [-0.2, -0.15) is 0 Å². The molecule has 135 valence electrons. The van der Waals surface area contributed by atoms with Crippen molar-refractivity contribution in [3.63, 3.8) is 0 Å². The Kier molecular flexibility index (Phi) is 6.69. The molecule has 0 aliphatic carbocycles. The van der Waals surface area contributed by atoms with E-state index in [1.54, 1.807) is 30.7 Å². The average Bonchev–Trinajstić information content (AvgIpc) is 3.11. The molecule has 1 fully saturated rings. The summed E-state index contributed by atoms with van der Waals surface area (Å²) >= 11 is 1.30. The highest BCUT2D eigenvalue weighted by atomic mass is 32.1. The van der Waals surface area contributed by atoms with Gasteiger partial charge in [0, 0.05) is 18.0 Å². The Morgan fingerprint density at radius 1 is 1.40 bits per heavy atom. The van der Waals surface area contributed by atoms with Gasteiger partial charge in [0.25, 0.3) is 0 Å². The van der Waals surface area contributed by atoms with E-state index in [1.165, 1.54) is 16.2 Å². The number of carbonyl (C=O) groups is 3. The second kappa shape index (κ2) is 8.75. The van der Waals surface area contributed by atoms with Crippen LogP contribution in [-0.4, -0.2) is 53.1 Å². The molecule has 7 nitrogen and oxygen atoms in total. The number of piperazine rings is 1. The van der Waals surface area contributed by atoms with Crippen LogP contribution in [0.5, 0.6) is 0 Å². The van der Waals surface area contributed by atoms with Crippen molar-refractivity contribution in [3.8, 4) is 0 Å². The van der Waals surface area contributed by atoms with E-state index in [9.17, 15) is 19.2 Å². The quantitative estimate of drug-likeness (QED) is 0.591. The van der Waals surface area contributed by atoms with Crippen molar-refractivity contribution in [3.05, 3.63) is 22.4 Å². The van der Waals surface area contributed by atoms with Crippen LogP contribution in [0.4, 0.5) is 4.79 Å². The SMILES string of the molecule is CCCCCN1C[C@H](C)N(C(=O)NC([C]=O)c2cccs2)C(=O)C1=O. The average molecular weight is 364 g/mol. The van der Waals surface area contributed by atoms with E-state index >= 15 is 0 Å². The topological polar surface area (TPSA) is 86.8 Å². The lowest BCUT2D eigenvalue weighted by atomic mass is 10.1. The lowest BCUT2D eigenvalue weighted by Gasteiger charge is -2.37. The number of urea groups is 1. The van der Waals surface area contributed by atoms with Crippen molar-refractivity contribution in [1.82, 2.24) is 15.1 Å². The van der Waals surface area contributed by atoms with Crippen molar-refractivity contribution >= 4 is 35.5 Å². The maximum atomic E-state index is 12.4. The fraction of sp³-hybridized carbons (Fsp3) is 0.529. The molecule has 1 aliphatic rings. The molecule has 2 heterocycles. The van der Waals surface area contributed by atoms with Gasteiger partial charge in [-0.05, 0) is 24.8 Å². The third-order valence-electron chi connectivity index (χ3n) is 4.08. The van der Waals surface area contributed by atoms with Gasteiger partial charge in [0.15, 0.2) is 0 Å². The highest BCUT2D eigenvalue weighted by molar-refractivity contribution is 7.10. The van der Waals surface area contributed by atoms with Crippen LogP contribution in [0.15, 0.2) is 17.5 Å². The Balaban J connectivity index is 2.03. The molecule has 8 heteroatoms. The summed E-state index contributed by atoms with van der Waals surface area (Å²) in [5.41, 5.74) is 0. The molecule has 25 heavy (non-hydrogen) atoms. The lowest BCUT2D eigenvalue weighted by Crippen LogP contribution is -2.62. The van der Waals surface area contributed by atoms with Gasteiger partial charge in [-0.15, -0.1) is 11.3 Å². The van der Waals surface area contributed by atoms with Crippen LogP contribution < -0.4 is 5.32 Å². The van der Waals surface area contributed by atoms with Gasteiger partial charge in [-0.1, -0.05) is 25.8 Å². The Morgan fingerprint density at radius 3 is 2.76 bits per heavy atom. The number of nitrogens with zero attached hydrogens (tertiary/aromatic N) is 2. The van der Waals surface area contributed by atoms with E-state index in [4.69, 9.17) is 0 Å². The second-order valence-electron chi connectivity index (χ2n) is 6.00. The van der Waals surface area contributed by atoms with Crippen molar-refractivity contribution in [1.29, 1.82) is 0 Å². The lowest BCUT2D eigenvalue weighted by molar-refractivity contribution is -0.155. The predicted octanol–water partition coefficient (Wildman–Crippen LogP) is 1.86. The number of imide groups is 1. The summed E-state index contributed by atoms with van der Waals surface area (Å²) in [6, 6.07) is 1.29. The molecular formula is C17H22N3O4S. The molecule has 1 unspecified atom stereocenters. The summed E-state index contributed by atoms with van der Waals surface area (Å²) in [6.07, 6.45) is 4.58. The van der Waals surface area contributed by atoms with Crippen molar-refractivity contribution in [2.24, 2.45) is 0 Å². The van der Waals surface area contributed by atoms with E-state index in [2.05, 4.69) is 12.2 Å². The molecule has 4 amide bonds. The van der Waals surface area contributed by atoms with Crippen LogP contribution in [0.25, 0.3) is 0 Å². The normalized spacial score (nSPS) is 19.0. The molecule has 1 saturated heterocycles. The van der Waals surface area contributed by atoms with Gasteiger partial charge >= 0.3 is 17.8 Å². The number of amides is 4. The Morgan fingerprint density at radius 2 is 2.16 bits per heavy atom. The predicted molar refractivity (Wildman–Crippen MR) is 93.7 cm³/mol. The summed E-state index contributed by atoms with van der Waals surface area (Å²) in [4.78, 5) is 51.2. The Labute approximate surface area is 151 Å². The molecular weight excluding hydrogens is 342 g/mol. The first-order chi connectivity index (χ1) is 12.0. The van der Waals surface area contributed by atoms with Crippen molar-refractivity contribution < 1.29 is 19.2 Å². The highest BCUT2D eigenvalue weighted by Gasteiger charge is 2.40. The van der Waals surface area contributed by atoms with Crippen LogP contribution in [-0.2, 0) is 14.4 Å². The Bertz CT molecular complexity index is 632. The van der Waals surface area contributed by atoms with E-state index in [1.807, 2.05) is 0 Å². The largest absolute Gasteiger partial charge is 0.332 e. The molecule has 0 aromatic carbocycles. The van der Waals surface area contributed by atoms with Crippen molar-refractivity contribution in [2.75, 3.05) is 13.1 Å². The number of unbranched alkanes of at least 4 members (excludes halogenated alkanes) is 2. The highest BCUT2D eigenvalue weighted by Crippen LogP contribution is 2.19. The number of hydrogen-bond acceptors (Lipinski definition) is 5. The first-order valence-corrected chi connectivity index (χ1v) is 9.21. The Hall–Kier alpha value is -2.22. The first kappa shape index (κ1) is 19.1. The van der Waals surface area contributed by atoms with Gasteiger partial charge in [0.1, 0.15) is 6.04 Å². The van der Waals surface area contributed by atoms with Gasteiger partial charge < -0.3 is 10.2 Å². The van der Waals surface area contributed by atoms with E-state index in [0.717, 1.165) is 24.2 Å². The smallest absolute Gasteiger partial charge is 0.325 e. The molecule has 0 spiro atoms. The van der Waals surface area contributed by atoms with E-state index in [-0.39, 0.29) is 0 Å². The number of rotatable bonds is 7. The van der Waals surface area contributed by atoms with E-state index in [0.29, 0.717) is 18.0 Å². The van der Waals surface area contributed by atoms with Crippen LogP contribution >= 0.6 is 11.3 Å². The van der Waals surface area contributed by atoms with Crippen molar-refractivity contribution in [2.45, 2.75) is 45.2 Å². The third-order valence-corrected chi connectivity index (χ3v) is 5.02. The van der Waals surface area contributed by atoms with Crippen LogP contribution in [0.3, 0.4) is 0 Å². The van der Waals surface area contributed by atoms with Gasteiger partial charge in [-0.3, -0.25) is 19.3 Å². The molecule has 1 radical (unpaired) electrons. The summed E-state index contributed by atoms with van der Waals surface area (Å²) in [7, 11) is 0. The number of thiophene rings is 1. The van der Waals surface area contributed by atoms with Gasteiger partial charge in [0.2, 0.25) is 6.29 Å². The zero-order valence-electron chi connectivity index (χ0n) is 14.4. The fourth-order valence-electron chi connectivity index (χ4n) is 2.77. The standard InChI is InChI=1S/C17H22N3O4S/c1-3-4-5-8-19-10-12(2)20(16(23)15(19)22)17(24)18-13(11-21)14-7-6-9-25-14/h6-7,9,12-13H,3-5,8,10H2,1-2H3,(H,18,24)/t12-,13?/m0/s1. The van der Waals surface area contributed by atoms with Crippen LogP contribution in [0.1, 0.15) is 44.0 Å². The maximum absolute atomic E-state index is 12.4. The minimum atomic E-state index is -0.954. The molecule has 1 aromatic heterocycles. The van der Waals surface area contributed by atoms with Gasteiger partial charge in [0.05, 0.1) is 6.04 Å². The molecule has 1 aliphatic heterocycles. The number of hydrogen-bond donors (Lipinski definition) is 1. The monoisotopic (exact) mass is 364 g/mol. The number of carbonyl (C=O) groups excluding carboxylic acids is 4. The number of nitrogens with one attached hydrogen (secondary N) is 1. The third kappa shape index (κ3) is 4.45. The maximum Gasteiger partial charge on any atom is 0.325 e. The van der Waals surface area contributed by atoms with Crippen LogP contribution in [0.2, 0.25) is 0 Å².